The highest BCUT2D eigenvalue weighted by atomic mass is 16.6. The lowest BCUT2D eigenvalue weighted by Crippen LogP contribution is -2.37. The number of para-hydroxylation sites is 1. The summed E-state index contributed by atoms with van der Waals surface area (Å²) in [4.78, 5) is 40.1. The number of nitrogens with zero attached hydrogens (tertiary/aromatic N) is 1. The minimum Gasteiger partial charge on any atom is -0.486 e. The zero-order valence-corrected chi connectivity index (χ0v) is 16.9. The fraction of sp³-hybridized carbons (Fsp3) is 0.130. The predicted molar refractivity (Wildman–Crippen MR) is 116 cm³/mol. The summed E-state index contributed by atoms with van der Waals surface area (Å²) in [5, 5.41) is 5.57. The van der Waals surface area contributed by atoms with Crippen molar-refractivity contribution in [2.24, 2.45) is 0 Å². The van der Waals surface area contributed by atoms with Gasteiger partial charge in [0.2, 0.25) is 0 Å². The summed E-state index contributed by atoms with van der Waals surface area (Å²) < 4.78 is 15.7. The van der Waals surface area contributed by atoms with E-state index in [2.05, 4.69) is 15.6 Å². The molecule has 0 aliphatic carbocycles. The number of carbonyl (C=O) groups is 3. The molecule has 2 N–H and O–H groups in total. The SMILES string of the molecule is O=C(COC(=O)/C=C/c1ccc2ccccc2n1)NC(=O)Nc1ccc2c(c1)OCCO2. The number of rotatable bonds is 5. The molecule has 0 saturated carbocycles. The third kappa shape index (κ3) is 5.39. The molecule has 162 valence electrons. The standard InChI is InChI=1S/C23H19N3O6/c27-21(26-23(29)25-17-7-9-19-20(13-17)31-12-11-30-19)14-32-22(28)10-8-16-6-5-15-3-1-2-4-18(15)24-16/h1-10,13H,11-12,14H2,(H2,25,26,27,29)/b10-8+. The number of imide groups is 1. The number of anilines is 1. The maximum absolute atomic E-state index is 12.0. The van der Waals surface area contributed by atoms with E-state index in [4.69, 9.17) is 14.2 Å². The van der Waals surface area contributed by atoms with E-state index in [1.807, 2.05) is 30.3 Å². The van der Waals surface area contributed by atoms with E-state index in [9.17, 15) is 14.4 Å². The van der Waals surface area contributed by atoms with E-state index >= 15 is 0 Å². The zero-order valence-electron chi connectivity index (χ0n) is 16.9. The normalized spacial score (nSPS) is 12.4. The van der Waals surface area contributed by atoms with Gasteiger partial charge >= 0.3 is 12.0 Å². The fourth-order valence-electron chi connectivity index (χ4n) is 2.96. The molecule has 3 aromatic rings. The average Bonchev–Trinajstić information content (AvgIpc) is 2.81. The number of urea groups is 1. The molecular formula is C23H19N3O6. The van der Waals surface area contributed by atoms with Gasteiger partial charge in [-0.15, -0.1) is 0 Å². The van der Waals surface area contributed by atoms with Crippen LogP contribution in [0.2, 0.25) is 0 Å². The van der Waals surface area contributed by atoms with Gasteiger partial charge in [-0.2, -0.15) is 0 Å². The number of amides is 3. The molecule has 0 spiro atoms. The highest BCUT2D eigenvalue weighted by Gasteiger charge is 2.14. The van der Waals surface area contributed by atoms with E-state index in [1.54, 1.807) is 24.3 Å². The third-order valence-corrected chi connectivity index (χ3v) is 4.41. The summed E-state index contributed by atoms with van der Waals surface area (Å²) in [5.41, 5.74) is 1.79. The quantitative estimate of drug-likeness (QED) is 0.469. The molecule has 4 rings (SSSR count). The van der Waals surface area contributed by atoms with Gasteiger partial charge in [0.05, 0.1) is 11.2 Å². The molecule has 9 heteroatoms. The number of ether oxygens (including phenoxy) is 3. The van der Waals surface area contributed by atoms with Crippen molar-refractivity contribution in [2.45, 2.75) is 0 Å². The minimum atomic E-state index is -0.773. The summed E-state index contributed by atoms with van der Waals surface area (Å²) in [6.45, 7) is 0.266. The summed E-state index contributed by atoms with van der Waals surface area (Å²) in [6.07, 6.45) is 2.65. The summed E-state index contributed by atoms with van der Waals surface area (Å²) >= 11 is 0. The van der Waals surface area contributed by atoms with Gasteiger partial charge in [-0.3, -0.25) is 10.1 Å². The van der Waals surface area contributed by atoms with Crippen molar-refractivity contribution in [1.29, 1.82) is 0 Å². The van der Waals surface area contributed by atoms with Crippen molar-refractivity contribution in [1.82, 2.24) is 10.3 Å². The van der Waals surface area contributed by atoms with Crippen LogP contribution in [-0.2, 0) is 14.3 Å². The summed E-state index contributed by atoms with van der Waals surface area (Å²) in [7, 11) is 0. The maximum Gasteiger partial charge on any atom is 0.331 e. The Kier molecular flexibility index (Phi) is 6.26. The highest BCUT2D eigenvalue weighted by Crippen LogP contribution is 2.32. The molecular weight excluding hydrogens is 414 g/mol. The van der Waals surface area contributed by atoms with E-state index in [0.29, 0.717) is 36.1 Å². The Bertz CT molecular complexity index is 1210. The van der Waals surface area contributed by atoms with Crippen molar-refractivity contribution in [2.75, 3.05) is 25.1 Å². The molecule has 9 nitrogen and oxygen atoms in total. The summed E-state index contributed by atoms with van der Waals surface area (Å²) in [6, 6.07) is 15.3. The second-order valence-corrected chi connectivity index (χ2v) is 6.73. The zero-order chi connectivity index (χ0) is 22.3. The first-order chi connectivity index (χ1) is 15.6. The molecule has 0 fully saturated rings. The number of aromatic nitrogens is 1. The lowest BCUT2D eigenvalue weighted by atomic mass is 10.2. The van der Waals surface area contributed by atoms with Crippen molar-refractivity contribution in [3.63, 3.8) is 0 Å². The van der Waals surface area contributed by atoms with Gasteiger partial charge in [-0.1, -0.05) is 24.3 Å². The first-order valence-electron chi connectivity index (χ1n) is 9.78. The van der Waals surface area contributed by atoms with Gasteiger partial charge in [0.1, 0.15) is 13.2 Å². The Labute approximate surface area is 183 Å². The molecule has 1 aromatic heterocycles. The highest BCUT2D eigenvalue weighted by molar-refractivity contribution is 6.02. The molecule has 0 bridgehead atoms. The van der Waals surface area contributed by atoms with Gasteiger partial charge in [0.25, 0.3) is 5.91 Å². The van der Waals surface area contributed by atoms with Crippen LogP contribution in [0.1, 0.15) is 5.69 Å². The van der Waals surface area contributed by atoms with Crippen LogP contribution < -0.4 is 20.1 Å². The molecule has 0 atom stereocenters. The first-order valence-corrected chi connectivity index (χ1v) is 9.78. The van der Waals surface area contributed by atoms with Crippen LogP contribution in [0.25, 0.3) is 17.0 Å². The molecule has 0 saturated heterocycles. The Morgan fingerprint density at radius 2 is 1.81 bits per heavy atom. The van der Waals surface area contributed by atoms with Gasteiger partial charge in [0, 0.05) is 23.2 Å². The Balaban J connectivity index is 1.23. The minimum absolute atomic E-state index is 0.415. The van der Waals surface area contributed by atoms with E-state index in [-0.39, 0.29) is 0 Å². The number of carbonyl (C=O) groups excluding carboxylic acids is 3. The second-order valence-electron chi connectivity index (χ2n) is 6.73. The van der Waals surface area contributed by atoms with E-state index in [0.717, 1.165) is 10.9 Å². The van der Waals surface area contributed by atoms with Crippen LogP contribution in [0, 0.1) is 0 Å². The Morgan fingerprint density at radius 1 is 1.00 bits per heavy atom. The summed E-state index contributed by atoms with van der Waals surface area (Å²) in [5.74, 6) is -0.424. The van der Waals surface area contributed by atoms with Crippen LogP contribution in [-0.4, -0.2) is 42.7 Å². The molecule has 2 aromatic carbocycles. The number of fused-ring (bicyclic) bond motifs is 2. The lowest BCUT2D eigenvalue weighted by molar-refractivity contribution is -0.143. The van der Waals surface area contributed by atoms with Crippen LogP contribution in [0.3, 0.4) is 0 Å². The number of esters is 1. The molecule has 1 aliphatic rings. The smallest absolute Gasteiger partial charge is 0.331 e. The molecule has 0 unspecified atom stereocenters. The van der Waals surface area contributed by atoms with Crippen LogP contribution in [0.4, 0.5) is 10.5 Å². The lowest BCUT2D eigenvalue weighted by Gasteiger charge is -2.19. The molecule has 32 heavy (non-hydrogen) atoms. The second kappa shape index (κ2) is 9.61. The van der Waals surface area contributed by atoms with Crippen molar-refractivity contribution >= 4 is 40.6 Å². The van der Waals surface area contributed by atoms with Gasteiger partial charge in [-0.05, 0) is 30.3 Å². The van der Waals surface area contributed by atoms with Gasteiger partial charge in [-0.25, -0.2) is 14.6 Å². The van der Waals surface area contributed by atoms with E-state index < -0.39 is 24.5 Å². The van der Waals surface area contributed by atoms with Crippen molar-refractivity contribution < 1.29 is 28.6 Å². The number of nitrogens with one attached hydrogen (secondary N) is 2. The number of hydrogen-bond donors (Lipinski definition) is 2. The first kappa shape index (κ1) is 20.9. The van der Waals surface area contributed by atoms with E-state index in [1.165, 1.54) is 12.2 Å². The average molecular weight is 433 g/mol. The molecule has 2 heterocycles. The number of pyridine rings is 1. The van der Waals surface area contributed by atoms with Crippen LogP contribution in [0.15, 0.2) is 60.7 Å². The van der Waals surface area contributed by atoms with Crippen LogP contribution in [0.5, 0.6) is 11.5 Å². The Morgan fingerprint density at radius 3 is 2.69 bits per heavy atom. The fourth-order valence-corrected chi connectivity index (χ4v) is 2.96. The molecule has 1 aliphatic heterocycles. The number of hydrogen-bond acceptors (Lipinski definition) is 7. The van der Waals surface area contributed by atoms with Crippen molar-refractivity contribution in [3.05, 3.63) is 66.4 Å². The topological polar surface area (TPSA) is 116 Å². The third-order valence-electron chi connectivity index (χ3n) is 4.41. The monoisotopic (exact) mass is 433 g/mol. The van der Waals surface area contributed by atoms with Crippen molar-refractivity contribution in [3.8, 4) is 11.5 Å². The maximum atomic E-state index is 12.0. The largest absolute Gasteiger partial charge is 0.486 e. The van der Waals surface area contributed by atoms with Gasteiger partial charge in [0.15, 0.2) is 18.1 Å². The molecule has 0 radical (unpaired) electrons. The predicted octanol–water partition coefficient (Wildman–Crippen LogP) is 2.91. The molecule has 3 amide bonds. The van der Waals surface area contributed by atoms with Gasteiger partial charge < -0.3 is 19.5 Å². The number of benzene rings is 2. The Hall–Kier alpha value is -4.40. The van der Waals surface area contributed by atoms with Crippen LogP contribution >= 0.6 is 0 Å².